The maximum Gasteiger partial charge on any atom is 0.396 e. The summed E-state index contributed by atoms with van der Waals surface area (Å²) in [6, 6.07) is 2.35. The van der Waals surface area contributed by atoms with Crippen molar-refractivity contribution in [2.75, 3.05) is 13.1 Å². The Balaban J connectivity index is 1.72. The molecule has 2 fully saturated rings. The van der Waals surface area contributed by atoms with Crippen LogP contribution in [0.3, 0.4) is 0 Å². The standard InChI is InChI=1S/C32H45Cl2F3N4O3Si/c1-7-45(8-2,9-3)44-27(28-25(33)17-38-18-26(28)34)19-40(20-31(14-15-31)32(35,36)37)29(43)24-16-39-41(21(24)4)23-10-12-30(6,13-11-23)22(5)42/h16-18,23,27H,7-15,19-20H2,1-6H3/t23-,27?,30-. The van der Waals surface area contributed by atoms with Crippen molar-refractivity contribution in [2.45, 2.75) is 117 Å². The molecular weight excluding hydrogens is 644 g/mol. The molecule has 0 saturated heterocycles. The van der Waals surface area contributed by atoms with Gasteiger partial charge in [-0.1, -0.05) is 50.9 Å². The first-order valence-corrected chi connectivity index (χ1v) is 19.2. The van der Waals surface area contributed by atoms with Crippen LogP contribution in [-0.4, -0.2) is 58.9 Å². The van der Waals surface area contributed by atoms with E-state index in [4.69, 9.17) is 27.6 Å². The highest BCUT2D eigenvalue weighted by atomic mass is 35.5. The summed E-state index contributed by atoms with van der Waals surface area (Å²) in [5.41, 5.74) is -1.07. The summed E-state index contributed by atoms with van der Waals surface area (Å²) in [5, 5.41) is 5.02. The number of rotatable bonds is 13. The van der Waals surface area contributed by atoms with Crippen LogP contribution in [0.4, 0.5) is 13.2 Å². The summed E-state index contributed by atoms with van der Waals surface area (Å²) in [4.78, 5) is 31.9. The molecule has 2 aliphatic rings. The van der Waals surface area contributed by atoms with E-state index >= 15 is 0 Å². The van der Waals surface area contributed by atoms with Crippen LogP contribution in [0, 0.1) is 17.8 Å². The molecule has 2 saturated carbocycles. The van der Waals surface area contributed by atoms with Crippen LogP contribution in [0.5, 0.6) is 0 Å². The zero-order valence-corrected chi connectivity index (χ0v) is 29.6. The van der Waals surface area contributed by atoms with Gasteiger partial charge in [0.25, 0.3) is 5.91 Å². The number of nitrogens with zero attached hydrogens (tertiary/aromatic N) is 4. The number of hydrogen-bond acceptors (Lipinski definition) is 5. The quantitative estimate of drug-likeness (QED) is 0.196. The highest BCUT2D eigenvalue weighted by molar-refractivity contribution is 6.73. The SMILES string of the molecule is CC[Si](CC)(CC)OC(CN(CC1(C(F)(F)F)CC1)C(=O)c1cnn([C@H]2CC[C@](C)(C(C)=O)CC2)c1C)c1c(Cl)cncc1Cl. The molecule has 1 atom stereocenters. The number of carbonyl (C=O) groups is 2. The van der Waals surface area contributed by atoms with Crippen molar-refractivity contribution < 1.29 is 27.2 Å². The minimum Gasteiger partial charge on any atom is -0.408 e. The van der Waals surface area contributed by atoms with E-state index in [1.165, 1.54) is 23.5 Å². The van der Waals surface area contributed by atoms with Gasteiger partial charge >= 0.3 is 6.18 Å². The third-order valence-electron chi connectivity index (χ3n) is 10.7. The highest BCUT2D eigenvalue weighted by Crippen LogP contribution is 2.58. The molecule has 0 N–H and O–H groups in total. The molecule has 0 spiro atoms. The lowest BCUT2D eigenvalue weighted by Crippen LogP contribution is -2.46. The number of Topliss-reactive ketones (excluding diaryl/α,β-unsaturated/α-hetero) is 1. The number of aromatic nitrogens is 3. The Kier molecular flexibility index (Phi) is 10.9. The molecule has 0 bridgehead atoms. The average Bonchev–Trinajstić information content (AvgIpc) is 3.70. The molecule has 250 valence electrons. The molecular formula is C32H45Cl2F3N4O3Si. The van der Waals surface area contributed by atoms with Gasteiger partial charge < -0.3 is 9.33 Å². The fraction of sp³-hybridized carbons (Fsp3) is 0.688. The summed E-state index contributed by atoms with van der Waals surface area (Å²) in [6.07, 6.45) is 1.79. The van der Waals surface area contributed by atoms with Crippen molar-refractivity contribution in [3.63, 3.8) is 0 Å². The van der Waals surface area contributed by atoms with Gasteiger partial charge in [-0.15, -0.1) is 0 Å². The zero-order valence-electron chi connectivity index (χ0n) is 27.1. The Hall–Kier alpha value is -1.95. The molecule has 1 unspecified atom stereocenters. The number of pyridine rings is 1. The van der Waals surface area contributed by atoms with Gasteiger partial charge in [-0.2, -0.15) is 18.3 Å². The van der Waals surface area contributed by atoms with Gasteiger partial charge in [0.1, 0.15) is 5.78 Å². The molecule has 4 rings (SSSR count). The van der Waals surface area contributed by atoms with Crippen LogP contribution in [0.1, 0.15) is 107 Å². The van der Waals surface area contributed by atoms with Crippen LogP contribution in [0.15, 0.2) is 18.6 Å². The van der Waals surface area contributed by atoms with E-state index in [0.717, 1.165) is 31.0 Å². The van der Waals surface area contributed by atoms with Gasteiger partial charge in [-0.3, -0.25) is 19.3 Å². The van der Waals surface area contributed by atoms with Gasteiger partial charge in [0.2, 0.25) is 0 Å². The first kappa shape index (κ1) is 35.9. The van der Waals surface area contributed by atoms with E-state index in [1.54, 1.807) is 18.5 Å². The first-order chi connectivity index (χ1) is 21.1. The second-order valence-electron chi connectivity index (χ2n) is 13.3. The summed E-state index contributed by atoms with van der Waals surface area (Å²) in [6.45, 7) is 10.9. The van der Waals surface area contributed by atoms with E-state index in [1.807, 2.05) is 6.92 Å². The van der Waals surface area contributed by atoms with Crippen molar-refractivity contribution in [3.05, 3.63) is 45.5 Å². The van der Waals surface area contributed by atoms with Crippen molar-refractivity contribution in [1.29, 1.82) is 0 Å². The van der Waals surface area contributed by atoms with Gasteiger partial charge in [0.15, 0.2) is 8.32 Å². The molecule has 7 nitrogen and oxygen atoms in total. The predicted molar refractivity (Wildman–Crippen MR) is 172 cm³/mol. The number of hydrogen-bond donors (Lipinski definition) is 0. The minimum absolute atomic E-state index is 0.00633. The number of halogens is 5. The lowest BCUT2D eigenvalue weighted by molar-refractivity contribution is -0.190. The normalized spacial score (nSPS) is 22.2. The lowest BCUT2D eigenvalue weighted by atomic mass is 9.71. The van der Waals surface area contributed by atoms with Gasteiger partial charge in [0.05, 0.1) is 45.9 Å². The van der Waals surface area contributed by atoms with Crippen LogP contribution >= 0.6 is 23.2 Å². The molecule has 2 aliphatic carbocycles. The van der Waals surface area contributed by atoms with E-state index in [-0.39, 0.29) is 52.2 Å². The van der Waals surface area contributed by atoms with E-state index < -0.39 is 38.5 Å². The maximum absolute atomic E-state index is 14.3. The second-order valence-corrected chi connectivity index (χ2v) is 18.8. The molecule has 13 heteroatoms. The van der Waals surface area contributed by atoms with Crippen LogP contribution in [0.2, 0.25) is 28.2 Å². The smallest absolute Gasteiger partial charge is 0.396 e. The van der Waals surface area contributed by atoms with Crippen molar-refractivity contribution in [1.82, 2.24) is 19.7 Å². The fourth-order valence-electron chi connectivity index (χ4n) is 6.69. The second kappa shape index (κ2) is 13.6. The van der Waals surface area contributed by atoms with Crippen LogP contribution < -0.4 is 0 Å². The van der Waals surface area contributed by atoms with E-state index in [2.05, 4.69) is 30.9 Å². The largest absolute Gasteiger partial charge is 0.408 e. The Morgan fingerprint density at radius 1 is 1.07 bits per heavy atom. The predicted octanol–water partition coefficient (Wildman–Crippen LogP) is 9.15. The molecule has 0 aromatic carbocycles. The average molecular weight is 690 g/mol. The van der Waals surface area contributed by atoms with E-state index in [0.29, 0.717) is 24.1 Å². The maximum atomic E-state index is 14.3. The summed E-state index contributed by atoms with van der Waals surface area (Å²) in [7, 11) is -2.36. The highest BCUT2D eigenvalue weighted by Gasteiger charge is 2.64. The number of ketones is 1. The fourth-order valence-corrected chi connectivity index (χ4v) is 10.1. The van der Waals surface area contributed by atoms with Gasteiger partial charge in [-0.05, 0) is 70.5 Å². The Morgan fingerprint density at radius 2 is 1.62 bits per heavy atom. The Bertz CT molecular complexity index is 1360. The van der Waals surface area contributed by atoms with Crippen molar-refractivity contribution >= 4 is 43.2 Å². The molecule has 45 heavy (non-hydrogen) atoms. The minimum atomic E-state index is -4.46. The van der Waals surface area contributed by atoms with Crippen LogP contribution in [0.25, 0.3) is 0 Å². The number of alkyl halides is 3. The topological polar surface area (TPSA) is 77.3 Å². The zero-order chi connectivity index (χ0) is 33.4. The van der Waals surface area contributed by atoms with Gasteiger partial charge in [0, 0.05) is 35.6 Å². The molecule has 2 aromatic rings. The Morgan fingerprint density at radius 3 is 2.09 bits per heavy atom. The lowest BCUT2D eigenvalue weighted by Gasteiger charge is -2.38. The van der Waals surface area contributed by atoms with Crippen molar-refractivity contribution in [2.24, 2.45) is 10.8 Å². The monoisotopic (exact) mass is 688 g/mol. The molecule has 0 aliphatic heterocycles. The molecule has 1 amide bonds. The third-order valence-corrected chi connectivity index (χ3v) is 15.9. The van der Waals surface area contributed by atoms with Crippen molar-refractivity contribution in [3.8, 4) is 0 Å². The summed E-state index contributed by atoms with van der Waals surface area (Å²) < 4.78 is 51.7. The van der Waals surface area contributed by atoms with E-state index in [9.17, 15) is 22.8 Å². The van der Waals surface area contributed by atoms with Gasteiger partial charge in [-0.25, -0.2) is 0 Å². The number of carbonyl (C=O) groups excluding carboxylic acids is 2. The molecule has 2 aromatic heterocycles. The Labute approximate surface area is 275 Å². The molecule has 2 heterocycles. The summed E-state index contributed by atoms with van der Waals surface area (Å²) in [5.74, 6) is -0.374. The number of amides is 1. The third kappa shape index (κ3) is 7.31. The molecule has 0 radical (unpaired) electrons. The van der Waals surface area contributed by atoms with Crippen LogP contribution in [-0.2, 0) is 9.22 Å². The first-order valence-electron chi connectivity index (χ1n) is 15.9. The summed E-state index contributed by atoms with van der Waals surface area (Å²) >= 11 is 13.2.